The van der Waals surface area contributed by atoms with Gasteiger partial charge in [0, 0.05) is 29.1 Å². The fourth-order valence-corrected chi connectivity index (χ4v) is 2.16. The van der Waals surface area contributed by atoms with Crippen molar-refractivity contribution in [3.05, 3.63) is 52.8 Å². The van der Waals surface area contributed by atoms with E-state index in [0.717, 1.165) is 16.9 Å². The highest BCUT2D eigenvalue weighted by molar-refractivity contribution is 6.30. The van der Waals surface area contributed by atoms with Crippen molar-refractivity contribution in [2.45, 2.75) is 26.8 Å². The molecule has 1 heterocycles. The van der Waals surface area contributed by atoms with Crippen LogP contribution in [0.25, 0.3) is 0 Å². The van der Waals surface area contributed by atoms with Crippen LogP contribution in [0.1, 0.15) is 29.8 Å². The number of amides is 1. The molecular formula is C16H18ClN3O. The Labute approximate surface area is 129 Å². The third kappa shape index (κ3) is 4.20. The van der Waals surface area contributed by atoms with Gasteiger partial charge in [0.15, 0.2) is 0 Å². The van der Waals surface area contributed by atoms with Crippen LogP contribution in [-0.4, -0.2) is 16.9 Å². The average molecular weight is 304 g/mol. The molecule has 5 heteroatoms. The highest BCUT2D eigenvalue weighted by Gasteiger charge is 2.09. The monoisotopic (exact) mass is 303 g/mol. The number of aryl methyl sites for hydroxylation is 1. The topological polar surface area (TPSA) is 54.0 Å². The van der Waals surface area contributed by atoms with Gasteiger partial charge in [0.25, 0.3) is 5.91 Å². The van der Waals surface area contributed by atoms with Crippen molar-refractivity contribution in [3.8, 4) is 0 Å². The molecular weight excluding hydrogens is 286 g/mol. The largest absolute Gasteiger partial charge is 0.382 e. The second-order valence-corrected chi connectivity index (χ2v) is 5.61. The lowest BCUT2D eigenvalue weighted by Crippen LogP contribution is -2.15. The van der Waals surface area contributed by atoms with E-state index in [2.05, 4.69) is 15.6 Å². The Balaban J connectivity index is 2.16. The lowest BCUT2D eigenvalue weighted by molar-refractivity contribution is 0.102. The van der Waals surface area contributed by atoms with Crippen molar-refractivity contribution >= 4 is 28.9 Å². The lowest BCUT2D eigenvalue weighted by atomic mass is 10.2. The van der Waals surface area contributed by atoms with Crippen LogP contribution in [0.15, 0.2) is 36.7 Å². The number of hydrogen-bond acceptors (Lipinski definition) is 3. The van der Waals surface area contributed by atoms with Crippen LogP contribution in [0.3, 0.4) is 0 Å². The second-order valence-electron chi connectivity index (χ2n) is 5.17. The van der Waals surface area contributed by atoms with E-state index in [0.29, 0.717) is 10.6 Å². The maximum atomic E-state index is 12.3. The number of anilines is 2. The molecule has 0 bridgehead atoms. The number of aromatic nitrogens is 1. The number of hydrogen-bond donors (Lipinski definition) is 2. The van der Waals surface area contributed by atoms with Gasteiger partial charge in [-0.3, -0.25) is 9.78 Å². The molecule has 1 aromatic heterocycles. The fourth-order valence-electron chi connectivity index (χ4n) is 1.94. The Morgan fingerprint density at radius 1 is 1.24 bits per heavy atom. The maximum absolute atomic E-state index is 12.3. The summed E-state index contributed by atoms with van der Waals surface area (Å²) >= 11 is 5.91. The molecule has 0 spiro atoms. The Kier molecular flexibility index (Phi) is 4.81. The van der Waals surface area contributed by atoms with Crippen molar-refractivity contribution < 1.29 is 4.79 Å². The lowest BCUT2D eigenvalue weighted by Gasteiger charge is -2.12. The summed E-state index contributed by atoms with van der Waals surface area (Å²) in [7, 11) is 0. The summed E-state index contributed by atoms with van der Waals surface area (Å²) in [4.78, 5) is 16.4. The number of nitrogens with zero attached hydrogens (tertiary/aromatic N) is 1. The standard InChI is InChI=1S/C16H18ClN3O/c1-10(2)19-14-7-12(8-18-9-14)16(21)20-15-5-4-13(17)6-11(15)3/h4-10,19H,1-3H3,(H,20,21). The number of carbonyl (C=O) groups is 1. The Morgan fingerprint density at radius 2 is 2.00 bits per heavy atom. The average Bonchev–Trinajstić information content (AvgIpc) is 2.41. The number of pyridine rings is 1. The molecule has 4 nitrogen and oxygen atoms in total. The third-order valence-corrected chi connectivity index (χ3v) is 3.13. The zero-order valence-corrected chi connectivity index (χ0v) is 13.0. The van der Waals surface area contributed by atoms with Gasteiger partial charge in [-0.1, -0.05) is 11.6 Å². The van der Waals surface area contributed by atoms with E-state index in [1.54, 1.807) is 30.6 Å². The van der Waals surface area contributed by atoms with E-state index in [9.17, 15) is 4.79 Å². The number of nitrogens with one attached hydrogen (secondary N) is 2. The summed E-state index contributed by atoms with van der Waals surface area (Å²) in [6, 6.07) is 7.42. The van der Waals surface area contributed by atoms with E-state index in [1.165, 1.54) is 0 Å². The Morgan fingerprint density at radius 3 is 2.67 bits per heavy atom. The minimum atomic E-state index is -0.194. The summed E-state index contributed by atoms with van der Waals surface area (Å²) in [5, 5.41) is 6.74. The van der Waals surface area contributed by atoms with Gasteiger partial charge >= 0.3 is 0 Å². The summed E-state index contributed by atoms with van der Waals surface area (Å²) < 4.78 is 0. The van der Waals surface area contributed by atoms with Crippen LogP contribution in [-0.2, 0) is 0 Å². The van der Waals surface area contributed by atoms with Crippen LogP contribution in [0, 0.1) is 6.92 Å². The molecule has 2 rings (SSSR count). The molecule has 0 atom stereocenters. The third-order valence-electron chi connectivity index (χ3n) is 2.89. The van der Waals surface area contributed by atoms with E-state index in [4.69, 9.17) is 11.6 Å². The molecule has 110 valence electrons. The molecule has 1 amide bonds. The van der Waals surface area contributed by atoms with Crippen molar-refractivity contribution in [2.75, 3.05) is 10.6 Å². The maximum Gasteiger partial charge on any atom is 0.257 e. The van der Waals surface area contributed by atoms with Crippen molar-refractivity contribution in [1.82, 2.24) is 4.98 Å². The van der Waals surface area contributed by atoms with E-state index < -0.39 is 0 Å². The van der Waals surface area contributed by atoms with Crippen LogP contribution in [0.2, 0.25) is 5.02 Å². The molecule has 0 aliphatic heterocycles. The number of carbonyl (C=O) groups excluding carboxylic acids is 1. The first-order chi connectivity index (χ1) is 9.95. The highest BCUT2D eigenvalue weighted by Crippen LogP contribution is 2.20. The molecule has 0 aliphatic rings. The van der Waals surface area contributed by atoms with Gasteiger partial charge < -0.3 is 10.6 Å². The van der Waals surface area contributed by atoms with Gasteiger partial charge in [0.05, 0.1) is 11.3 Å². The molecule has 0 unspecified atom stereocenters. The van der Waals surface area contributed by atoms with Crippen molar-refractivity contribution in [2.24, 2.45) is 0 Å². The second kappa shape index (κ2) is 6.59. The predicted molar refractivity (Wildman–Crippen MR) is 87.1 cm³/mol. The zero-order chi connectivity index (χ0) is 15.4. The molecule has 2 N–H and O–H groups in total. The summed E-state index contributed by atoms with van der Waals surface area (Å²) in [6.45, 7) is 5.96. The normalized spacial score (nSPS) is 10.5. The Hall–Kier alpha value is -2.07. The fraction of sp³-hybridized carbons (Fsp3) is 0.250. The smallest absolute Gasteiger partial charge is 0.257 e. The van der Waals surface area contributed by atoms with Gasteiger partial charge in [0.2, 0.25) is 0 Å². The van der Waals surface area contributed by atoms with Crippen LogP contribution < -0.4 is 10.6 Å². The highest BCUT2D eigenvalue weighted by atomic mass is 35.5. The zero-order valence-electron chi connectivity index (χ0n) is 12.3. The molecule has 0 radical (unpaired) electrons. The summed E-state index contributed by atoms with van der Waals surface area (Å²) in [6.07, 6.45) is 3.25. The first-order valence-electron chi connectivity index (χ1n) is 6.75. The minimum absolute atomic E-state index is 0.194. The first-order valence-corrected chi connectivity index (χ1v) is 7.12. The first kappa shape index (κ1) is 15.3. The molecule has 21 heavy (non-hydrogen) atoms. The van der Waals surface area contributed by atoms with Gasteiger partial charge in [-0.15, -0.1) is 0 Å². The molecule has 1 aromatic carbocycles. The van der Waals surface area contributed by atoms with E-state index >= 15 is 0 Å². The SMILES string of the molecule is Cc1cc(Cl)ccc1NC(=O)c1cncc(NC(C)C)c1. The summed E-state index contributed by atoms with van der Waals surface area (Å²) in [5.41, 5.74) is 2.99. The number of benzene rings is 1. The Bertz CT molecular complexity index is 656. The molecule has 0 saturated carbocycles. The van der Waals surface area contributed by atoms with Crippen LogP contribution >= 0.6 is 11.6 Å². The quantitative estimate of drug-likeness (QED) is 0.893. The minimum Gasteiger partial charge on any atom is -0.382 e. The van der Waals surface area contributed by atoms with Crippen molar-refractivity contribution in [3.63, 3.8) is 0 Å². The molecule has 0 saturated heterocycles. The van der Waals surface area contributed by atoms with Crippen LogP contribution in [0.5, 0.6) is 0 Å². The number of rotatable bonds is 4. The van der Waals surface area contributed by atoms with E-state index in [1.807, 2.05) is 26.8 Å². The predicted octanol–water partition coefficient (Wildman–Crippen LogP) is 4.12. The van der Waals surface area contributed by atoms with Crippen molar-refractivity contribution in [1.29, 1.82) is 0 Å². The summed E-state index contributed by atoms with van der Waals surface area (Å²) in [5.74, 6) is -0.194. The van der Waals surface area contributed by atoms with Gasteiger partial charge in [0.1, 0.15) is 0 Å². The van der Waals surface area contributed by atoms with Crippen LogP contribution in [0.4, 0.5) is 11.4 Å². The number of halogens is 1. The van der Waals surface area contributed by atoms with Gasteiger partial charge in [-0.05, 0) is 50.6 Å². The molecule has 0 fully saturated rings. The van der Waals surface area contributed by atoms with E-state index in [-0.39, 0.29) is 11.9 Å². The molecule has 2 aromatic rings. The van der Waals surface area contributed by atoms with Gasteiger partial charge in [-0.2, -0.15) is 0 Å². The van der Waals surface area contributed by atoms with Gasteiger partial charge in [-0.25, -0.2) is 0 Å². The molecule has 0 aliphatic carbocycles.